The summed E-state index contributed by atoms with van der Waals surface area (Å²) in [6, 6.07) is 7.27. The topological polar surface area (TPSA) is 77.4 Å². The van der Waals surface area contributed by atoms with Gasteiger partial charge in [-0.2, -0.15) is 0 Å². The molecule has 2 atom stereocenters. The lowest BCUT2D eigenvalue weighted by Crippen LogP contribution is -2.58. The smallest absolute Gasteiger partial charge is 0.272 e. The first-order valence-electron chi connectivity index (χ1n) is 8.98. The molecule has 2 aliphatic heterocycles. The molecule has 0 bridgehead atoms. The van der Waals surface area contributed by atoms with E-state index in [0.717, 1.165) is 25.9 Å². The number of fused-ring (bicyclic) bond motifs is 1. The highest BCUT2D eigenvalue weighted by Gasteiger charge is 2.48. The predicted molar refractivity (Wildman–Crippen MR) is 93.7 cm³/mol. The summed E-state index contributed by atoms with van der Waals surface area (Å²) in [6.07, 6.45) is 7.57. The zero-order chi connectivity index (χ0) is 17.8. The van der Waals surface area contributed by atoms with E-state index in [2.05, 4.69) is 15.0 Å². The molecule has 2 aromatic heterocycles. The summed E-state index contributed by atoms with van der Waals surface area (Å²) in [4.78, 5) is 26.9. The highest BCUT2D eigenvalue weighted by Crippen LogP contribution is 2.40. The van der Waals surface area contributed by atoms with Crippen LogP contribution >= 0.6 is 0 Å². The van der Waals surface area contributed by atoms with Crippen LogP contribution in [0.3, 0.4) is 0 Å². The maximum absolute atomic E-state index is 12.8. The van der Waals surface area contributed by atoms with Crippen molar-refractivity contribution in [2.75, 3.05) is 26.3 Å². The lowest BCUT2D eigenvalue weighted by molar-refractivity contribution is -0.133. The maximum Gasteiger partial charge on any atom is 0.272 e. The van der Waals surface area contributed by atoms with Gasteiger partial charge in [-0.1, -0.05) is 6.07 Å². The molecule has 0 N–H and O–H groups in total. The third-order valence-electron chi connectivity index (χ3n) is 5.22. The second-order valence-electron chi connectivity index (χ2n) is 6.89. The Morgan fingerprint density at radius 2 is 2.27 bits per heavy atom. The first-order chi connectivity index (χ1) is 12.8. The maximum atomic E-state index is 12.8. The average molecular weight is 354 g/mol. The monoisotopic (exact) mass is 354 g/mol. The number of carbonyl (C=O) groups excluding carboxylic acids is 1. The molecule has 0 radical (unpaired) electrons. The van der Waals surface area contributed by atoms with E-state index >= 15 is 0 Å². The number of hydrogen-bond acceptors (Lipinski definition) is 6. The van der Waals surface area contributed by atoms with E-state index in [1.165, 1.54) is 6.33 Å². The fraction of sp³-hybridized carbons (Fsp3) is 0.474. The fourth-order valence-corrected chi connectivity index (χ4v) is 3.90. The third-order valence-corrected chi connectivity index (χ3v) is 5.22. The summed E-state index contributed by atoms with van der Waals surface area (Å²) in [7, 11) is 0. The van der Waals surface area contributed by atoms with Crippen LogP contribution in [0.4, 0.5) is 0 Å². The SMILES string of the molecule is O=C(c1ccncn1)N1CC[C@@H]2OCCC[C@]2(COc2ccccn2)C1. The van der Waals surface area contributed by atoms with Crippen LogP contribution in [0, 0.1) is 5.41 Å². The fourth-order valence-electron chi connectivity index (χ4n) is 3.90. The molecule has 0 aromatic carbocycles. The van der Waals surface area contributed by atoms with Gasteiger partial charge in [0.25, 0.3) is 5.91 Å². The van der Waals surface area contributed by atoms with Crippen LogP contribution in [-0.2, 0) is 4.74 Å². The van der Waals surface area contributed by atoms with Crippen LogP contribution < -0.4 is 4.74 Å². The molecule has 2 fully saturated rings. The van der Waals surface area contributed by atoms with Gasteiger partial charge in [-0.3, -0.25) is 4.79 Å². The van der Waals surface area contributed by atoms with Gasteiger partial charge in [0, 0.05) is 43.6 Å². The Hall–Kier alpha value is -2.54. The molecule has 26 heavy (non-hydrogen) atoms. The molecule has 0 saturated carbocycles. The molecule has 0 unspecified atom stereocenters. The van der Waals surface area contributed by atoms with Gasteiger partial charge < -0.3 is 14.4 Å². The van der Waals surface area contributed by atoms with Crippen molar-refractivity contribution in [1.29, 1.82) is 0 Å². The number of hydrogen-bond donors (Lipinski definition) is 0. The number of piperidine rings is 1. The quantitative estimate of drug-likeness (QED) is 0.835. The van der Waals surface area contributed by atoms with Gasteiger partial charge in [-0.25, -0.2) is 15.0 Å². The van der Waals surface area contributed by atoms with Gasteiger partial charge in [0.05, 0.1) is 12.7 Å². The van der Waals surface area contributed by atoms with Crippen molar-refractivity contribution in [1.82, 2.24) is 19.9 Å². The van der Waals surface area contributed by atoms with E-state index in [9.17, 15) is 4.79 Å². The number of pyridine rings is 1. The molecule has 0 spiro atoms. The highest BCUT2D eigenvalue weighted by atomic mass is 16.5. The first-order valence-corrected chi connectivity index (χ1v) is 8.98. The van der Waals surface area contributed by atoms with Crippen LogP contribution in [0.15, 0.2) is 43.0 Å². The Kier molecular flexibility index (Phi) is 4.79. The van der Waals surface area contributed by atoms with E-state index in [4.69, 9.17) is 9.47 Å². The zero-order valence-electron chi connectivity index (χ0n) is 14.6. The van der Waals surface area contributed by atoms with Crippen LogP contribution in [0.1, 0.15) is 29.8 Å². The van der Waals surface area contributed by atoms with Gasteiger partial charge in [0.15, 0.2) is 0 Å². The zero-order valence-corrected chi connectivity index (χ0v) is 14.6. The Morgan fingerprint density at radius 1 is 1.31 bits per heavy atom. The van der Waals surface area contributed by atoms with Crippen molar-refractivity contribution < 1.29 is 14.3 Å². The second kappa shape index (κ2) is 7.37. The minimum atomic E-state index is -0.212. The number of rotatable bonds is 4. The number of likely N-dealkylation sites (tertiary alicyclic amines) is 1. The van der Waals surface area contributed by atoms with E-state index in [-0.39, 0.29) is 17.4 Å². The molecule has 1 amide bonds. The van der Waals surface area contributed by atoms with Crippen molar-refractivity contribution in [3.05, 3.63) is 48.7 Å². The predicted octanol–water partition coefficient (Wildman–Crippen LogP) is 1.96. The van der Waals surface area contributed by atoms with Crippen molar-refractivity contribution in [2.24, 2.45) is 5.41 Å². The summed E-state index contributed by atoms with van der Waals surface area (Å²) in [5.74, 6) is 0.541. The number of ether oxygens (including phenoxy) is 2. The second-order valence-corrected chi connectivity index (χ2v) is 6.89. The van der Waals surface area contributed by atoms with E-state index < -0.39 is 0 Å². The molecule has 2 aromatic rings. The summed E-state index contributed by atoms with van der Waals surface area (Å²) >= 11 is 0. The largest absolute Gasteiger partial charge is 0.477 e. The van der Waals surface area contributed by atoms with E-state index in [1.54, 1.807) is 18.5 Å². The summed E-state index contributed by atoms with van der Waals surface area (Å²) in [6.45, 7) is 2.53. The van der Waals surface area contributed by atoms with E-state index in [0.29, 0.717) is 31.3 Å². The Balaban J connectivity index is 1.52. The summed E-state index contributed by atoms with van der Waals surface area (Å²) < 4.78 is 12.0. The molecular weight excluding hydrogens is 332 g/mol. The summed E-state index contributed by atoms with van der Waals surface area (Å²) in [5.41, 5.74) is 0.215. The molecule has 2 aliphatic rings. The number of nitrogens with zero attached hydrogens (tertiary/aromatic N) is 4. The molecule has 4 rings (SSSR count). The average Bonchev–Trinajstić information content (AvgIpc) is 2.73. The van der Waals surface area contributed by atoms with Gasteiger partial charge >= 0.3 is 0 Å². The summed E-state index contributed by atoms with van der Waals surface area (Å²) in [5, 5.41) is 0. The lowest BCUT2D eigenvalue weighted by atomic mass is 9.73. The Labute approximate surface area is 152 Å². The highest BCUT2D eigenvalue weighted by molar-refractivity contribution is 5.92. The normalized spacial score (nSPS) is 25.4. The van der Waals surface area contributed by atoms with Gasteiger partial charge in [-0.15, -0.1) is 0 Å². The third kappa shape index (κ3) is 3.39. The van der Waals surface area contributed by atoms with Crippen LogP contribution in [0.2, 0.25) is 0 Å². The number of aromatic nitrogens is 3. The van der Waals surface area contributed by atoms with Crippen molar-refractivity contribution in [2.45, 2.75) is 25.4 Å². The van der Waals surface area contributed by atoms with Gasteiger partial charge in [0.2, 0.25) is 5.88 Å². The van der Waals surface area contributed by atoms with Crippen LogP contribution in [0.5, 0.6) is 5.88 Å². The molecule has 7 nitrogen and oxygen atoms in total. The first kappa shape index (κ1) is 16.9. The standard InChI is InChI=1S/C19H22N4O3/c24-18(15-5-9-20-14-22-15)23-10-6-16-19(12-23,7-3-11-25-16)13-26-17-4-1-2-8-21-17/h1-2,4-5,8-9,14,16H,3,6-7,10-13H2/t16-,19+/m0/s1. The number of amides is 1. The molecule has 2 saturated heterocycles. The van der Waals surface area contributed by atoms with Crippen molar-refractivity contribution in [3.8, 4) is 5.88 Å². The van der Waals surface area contributed by atoms with Gasteiger partial charge in [0.1, 0.15) is 12.0 Å². The van der Waals surface area contributed by atoms with Gasteiger partial charge in [-0.05, 0) is 31.4 Å². The number of carbonyl (C=O) groups is 1. The molecular formula is C19H22N4O3. The minimum absolute atomic E-state index is 0.0614. The minimum Gasteiger partial charge on any atom is -0.477 e. The lowest BCUT2D eigenvalue weighted by Gasteiger charge is -2.49. The Bertz CT molecular complexity index is 743. The van der Waals surface area contributed by atoms with Crippen LogP contribution in [-0.4, -0.2) is 58.2 Å². The molecule has 136 valence electrons. The van der Waals surface area contributed by atoms with Crippen LogP contribution in [0.25, 0.3) is 0 Å². The molecule has 7 heteroatoms. The van der Waals surface area contributed by atoms with Crippen molar-refractivity contribution >= 4 is 5.91 Å². The molecule has 0 aliphatic carbocycles. The molecule has 4 heterocycles. The van der Waals surface area contributed by atoms with E-state index in [1.807, 2.05) is 23.1 Å². The Morgan fingerprint density at radius 3 is 3.08 bits per heavy atom. The van der Waals surface area contributed by atoms with Crippen molar-refractivity contribution in [3.63, 3.8) is 0 Å².